The maximum atomic E-state index is 9.99. The van der Waals surface area contributed by atoms with E-state index in [1.54, 1.807) is 6.92 Å². The fraction of sp³-hybridized carbons (Fsp3) is 0.556. The largest absolute Gasteiger partial charge is 0.478 e. The van der Waals surface area contributed by atoms with Gasteiger partial charge in [0.25, 0.3) is 0 Å². The minimum absolute atomic E-state index is 0.299. The van der Waals surface area contributed by atoms with E-state index in [0.29, 0.717) is 18.5 Å². The summed E-state index contributed by atoms with van der Waals surface area (Å²) in [6, 6.07) is 0. The van der Waals surface area contributed by atoms with Crippen LogP contribution in [0.4, 0.5) is 4.79 Å². The lowest BCUT2D eigenvalue weighted by Gasteiger charge is -1.92. The van der Waals surface area contributed by atoms with Crippen LogP contribution in [0, 0.1) is 0 Å². The highest BCUT2D eigenvalue weighted by Gasteiger charge is 1.99. The molecule has 82 valence electrons. The van der Waals surface area contributed by atoms with Gasteiger partial charge >= 0.3 is 12.1 Å². The van der Waals surface area contributed by atoms with Crippen LogP contribution in [0.25, 0.3) is 0 Å². The third-order valence-electron chi connectivity index (χ3n) is 1.18. The van der Waals surface area contributed by atoms with Crippen molar-refractivity contribution in [1.82, 2.24) is 5.32 Å². The molecule has 14 heavy (non-hydrogen) atoms. The monoisotopic (exact) mass is 203 g/mol. The number of amides is 1. The lowest BCUT2D eigenvalue weighted by Crippen LogP contribution is -2.19. The Morgan fingerprint density at radius 3 is 1.86 bits per heavy atom. The molecule has 0 aliphatic heterocycles. The van der Waals surface area contributed by atoms with Crippen LogP contribution in [-0.2, 0) is 4.79 Å². The zero-order valence-corrected chi connectivity index (χ0v) is 8.54. The Morgan fingerprint density at radius 1 is 1.29 bits per heavy atom. The molecule has 0 aromatic carbocycles. The number of carbonyl (C=O) groups is 2. The molecule has 0 aromatic heterocycles. The minimum atomic E-state index is -0.961. The molecule has 5 heteroatoms. The smallest absolute Gasteiger partial charge is 0.404 e. The summed E-state index contributed by atoms with van der Waals surface area (Å²) in [5.41, 5.74) is 0.299. The Bertz CT molecular complexity index is 201. The summed E-state index contributed by atoms with van der Waals surface area (Å²) in [4.78, 5) is 19.5. The maximum absolute atomic E-state index is 9.99. The molecule has 0 saturated carbocycles. The second-order valence-corrected chi connectivity index (χ2v) is 2.49. The molecule has 0 unspecified atom stereocenters. The molecule has 0 spiro atoms. The molecular weight excluding hydrogens is 186 g/mol. The predicted octanol–water partition coefficient (Wildman–Crippen LogP) is 1.70. The second kappa shape index (κ2) is 9.57. The first-order valence-electron chi connectivity index (χ1n) is 4.33. The average Bonchev–Trinajstić information content (AvgIpc) is 2.05. The first-order valence-corrected chi connectivity index (χ1v) is 4.33. The summed E-state index contributed by atoms with van der Waals surface area (Å²) in [5, 5.41) is 18.1. The van der Waals surface area contributed by atoms with Gasteiger partial charge in [0.05, 0.1) is 0 Å². The van der Waals surface area contributed by atoms with Crippen LogP contribution in [0.3, 0.4) is 0 Å². The molecular formula is C9H17NO4. The first-order chi connectivity index (χ1) is 6.45. The number of aliphatic carboxylic acids is 1. The van der Waals surface area contributed by atoms with Crippen molar-refractivity contribution in [2.24, 2.45) is 0 Å². The van der Waals surface area contributed by atoms with Crippen LogP contribution in [-0.4, -0.2) is 28.8 Å². The average molecular weight is 203 g/mol. The number of carboxylic acids is 1. The van der Waals surface area contributed by atoms with Crippen molar-refractivity contribution in [3.8, 4) is 0 Å². The molecule has 0 radical (unpaired) electrons. The third-order valence-corrected chi connectivity index (χ3v) is 1.18. The highest BCUT2D eigenvalue weighted by atomic mass is 16.4. The van der Waals surface area contributed by atoms with E-state index >= 15 is 0 Å². The molecule has 0 saturated heterocycles. The van der Waals surface area contributed by atoms with Gasteiger partial charge in [0.2, 0.25) is 0 Å². The predicted molar refractivity (Wildman–Crippen MR) is 53.4 cm³/mol. The zero-order chi connectivity index (χ0) is 11.6. The van der Waals surface area contributed by atoms with E-state index in [1.165, 1.54) is 0 Å². The molecule has 0 aromatic rings. The third kappa shape index (κ3) is 13.1. The molecule has 0 aliphatic rings. The highest BCUT2D eigenvalue weighted by Crippen LogP contribution is 1.99. The Labute approximate surface area is 83.4 Å². The van der Waals surface area contributed by atoms with Crippen LogP contribution in [0.1, 0.15) is 26.7 Å². The van der Waals surface area contributed by atoms with E-state index in [9.17, 15) is 9.59 Å². The Kier molecular flexibility index (Phi) is 10.2. The Balaban J connectivity index is 0. The van der Waals surface area contributed by atoms with Gasteiger partial charge in [-0.3, -0.25) is 0 Å². The normalized spacial score (nSPS) is 8.14. The standard InChI is InChI=1S/C6H10O2.C3H7NO2/c1-3-4-5(2)6(7)8;1-2-4-3(5)6/h2-4H2,1H3,(H,7,8);4H,2H2,1H3,(H,5,6). The van der Waals surface area contributed by atoms with E-state index in [-0.39, 0.29) is 0 Å². The van der Waals surface area contributed by atoms with Crippen LogP contribution in [0.5, 0.6) is 0 Å². The van der Waals surface area contributed by atoms with Gasteiger partial charge in [0.15, 0.2) is 0 Å². The number of nitrogens with one attached hydrogen (secondary N) is 1. The van der Waals surface area contributed by atoms with Crippen molar-refractivity contribution in [1.29, 1.82) is 0 Å². The van der Waals surface area contributed by atoms with E-state index < -0.39 is 12.1 Å². The number of carboxylic acid groups (broad SMARTS) is 2. The summed E-state index contributed by atoms with van der Waals surface area (Å²) >= 11 is 0. The summed E-state index contributed by atoms with van der Waals surface area (Å²) in [6.07, 6.45) is 0.484. The van der Waals surface area contributed by atoms with Crippen LogP contribution in [0.15, 0.2) is 12.2 Å². The van der Waals surface area contributed by atoms with Gasteiger partial charge in [-0.2, -0.15) is 0 Å². The first kappa shape index (κ1) is 15.0. The molecule has 0 rings (SSSR count). The molecule has 0 aliphatic carbocycles. The van der Waals surface area contributed by atoms with Crippen LogP contribution < -0.4 is 5.32 Å². The Morgan fingerprint density at radius 2 is 1.79 bits per heavy atom. The molecule has 0 heterocycles. The van der Waals surface area contributed by atoms with Gasteiger partial charge in [0, 0.05) is 12.1 Å². The Hall–Kier alpha value is -1.52. The van der Waals surface area contributed by atoms with E-state index in [4.69, 9.17) is 10.2 Å². The lowest BCUT2D eigenvalue weighted by atomic mass is 10.2. The molecule has 0 fully saturated rings. The molecule has 3 N–H and O–H groups in total. The number of hydrogen-bond acceptors (Lipinski definition) is 2. The quantitative estimate of drug-likeness (QED) is 0.607. The van der Waals surface area contributed by atoms with Crippen molar-refractivity contribution in [3.05, 3.63) is 12.2 Å². The van der Waals surface area contributed by atoms with Crippen molar-refractivity contribution >= 4 is 12.1 Å². The van der Waals surface area contributed by atoms with Crippen molar-refractivity contribution in [3.63, 3.8) is 0 Å². The lowest BCUT2D eigenvalue weighted by molar-refractivity contribution is -0.132. The number of rotatable bonds is 4. The number of hydrogen-bond donors (Lipinski definition) is 3. The van der Waals surface area contributed by atoms with Crippen LogP contribution in [0.2, 0.25) is 0 Å². The van der Waals surface area contributed by atoms with Gasteiger partial charge in [-0.15, -0.1) is 0 Å². The van der Waals surface area contributed by atoms with Gasteiger partial charge in [-0.25, -0.2) is 9.59 Å². The molecule has 5 nitrogen and oxygen atoms in total. The van der Waals surface area contributed by atoms with Gasteiger partial charge in [-0.05, 0) is 13.3 Å². The summed E-state index contributed by atoms with van der Waals surface area (Å²) in [5.74, 6) is -0.883. The highest BCUT2D eigenvalue weighted by molar-refractivity contribution is 5.85. The van der Waals surface area contributed by atoms with Crippen molar-refractivity contribution < 1.29 is 19.8 Å². The minimum Gasteiger partial charge on any atom is -0.478 e. The summed E-state index contributed by atoms with van der Waals surface area (Å²) in [6.45, 7) is 7.48. The van der Waals surface area contributed by atoms with Crippen LogP contribution >= 0.6 is 0 Å². The van der Waals surface area contributed by atoms with E-state index in [0.717, 1.165) is 6.42 Å². The van der Waals surface area contributed by atoms with Gasteiger partial charge in [-0.1, -0.05) is 19.9 Å². The zero-order valence-electron chi connectivity index (χ0n) is 8.54. The molecule has 1 amide bonds. The SMILES string of the molecule is C=C(CCC)C(=O)O.CCNC(=O)O. The fourth-order valence-corrected chi connectivity index (χ4v) is 0.560. The summed E-state index contributed by atoms with van der Waals surface area (Å²) < 4.78 is 0. The van der Waals surface area contributed by atoms with E-state index in [2.05, 4.69) is 11.9 Å². The summed E-state index contributed by atoms with van der Waals surface area (Å²) in [7, 11) is 0. The maximum Gasteiger partial charge on any atom is 0.404 e. The topological polar surface area (TPSA) is 86.6 Å². The molecule has 0 atom stereocenters. The molecule has 0 bridgehead atoms. The second-order valence-electron chi connectivity index (χ2n) is 2.49. The van der Waals surface area contributed by atoms with Crippen molar-refractivity contribution in [2.45, 2.75) is 26.7 Å². The fourth-order valence-electron chi connectivity index (χ4n) is 0.560. The van der Waals surface area contributed by atoms with Crippen molar-refractivity contribution in [2.75, 3.05) is 6.54 Å². The van der Waals surface area contributed by atoms with E-state index in [1.807, 2.05) is 6.92 Å². The van der Waals surface area contributed by atoms with Gasteiger partial charge in [0.1, 0.15) is 0 Å². The van der Waals surface area contributed by atoms with Gasteiger partial charge < -0.3 is 15.5 Å².